The molecule has 2 heteroatoms. The van der Waals surface area contributed by atoms with Crippen molar-refractivity contribution in [3.63, 3.8) is 0 Å². The monoisotopic (exact) mass is 320 g/mol. The zero-order valence-corrected chi connectivity index (χ0v) is 15.9. The van der Waals surface area contributed by atoms with Gasteiger partial charge in [-0.05, 0) is 88.4 Å². The number of aliphatic imine (C=N–C) groups is 1. The van der Waals surface area contributed by atoms with E-state index in [0.29, 0.717) is 0 Å². The molecule has 1 aliphatic heterocycles. The number of hydrogen-bond acceptors (Lipinski definition) is 1. The average Bonchev–Trinajstić information content (AvgIpc) is 2.95. The third kappa shape index (κ3) is 2.86. The molecule has 126 valence electrons. The van der Waals surface area contributed by atoms with Crippen LogP contribution in [-0.4, -0.2) is 16.7 Å². The summed E-state index contributed by atoms with van der Waals surface area (Å²) in [6.45, 7) is 15.3. The summed E-state index contributed by atoms with van der Waals surface area (Å²) in [5, 5.41) is 0. The van der Waals surface area contributed by atoms with Crippen molar-refractivity contribution in [2.45, 2.75) is 60.4 Å². The third-order valence-electron chi connectivity index (χ3n) is 5.11. The Labute approximate surface area is 145 Å². The summed E-state index contributed by atoms with van der Waals surface area (Å²) in [6.07, 6.45) is 2.22. The first kappa shape index (κ1) is 16.8. The molecule has 0 amide bonds. The van der Waals surface area contributed by atoms with Gasteiger partial charge in [0.05, 0.1) is 12.0 Å². The van der Waals surface area contributed by atoms with E-state index in [4.69, 9.17) is 4.99 Å². The van der Waals surface area contributed by atoms with Crippen LogP contribution in [0.2, 0.25) is 0 Å². The second kappa shape index (κ2) is 6.08. The predicted octanol–water partition coefficient (Wildman–Crippen LogP) is 5.48. The standard InChI is InChI=1S/C22H28N2/c1-12-8-13(2)19(14(3)9-12)20(21-15(4)10-17(6)23-21)22-16(5)11-18(7)24-22/h8-11,20-21,24H,1-7H3. The number of nitrogens with one attached hydrogen (secondary N) is 1. The van der Waals surface area contributed by atoms with Gasteiger partial charge in [0.2, 0.25) is 0 Å². The molecule has 0 spiro atoms. The Morgan fingerprint density at radius 2 is 1.50 bits per heavy atom. The topological polar surface area (TPSA) is 28.1 Å². The normalized spacial score (nSPS) is 18.5. The number of allylic oxidation sites excluding steroid dienone is 1. The molecule has 1 N–H and O–H groups in total. The van der Waals surface area contributed by atoms with E-state index in [0.717, 1.165) is 5.71 Å². The third-order valence-corrected chi connectivity index (χ3v) is 5.11. The first-order chi connectivity index (χ1) is 11.3. The fourth-order valence-electron chi connectivity index (χ4n) is 4.33. The van der Waals surface area contributed by atoms with Gasteiger partial charge in [-0.25, -0.2) is 0 Å². The highest BCUT2D eigenvalue weighted by molar-refractivity contribution is 5.96. The van der Waals surface area contributed by atoms with Gasteiger partial charge in [-0.15, -0.1) is 0 Å². The van der Waals surface area contributed by atoms with E-state index in [2.05, 4.69) is 77.7 Å². The van der Waals surface area contributed by atoms with Crippen LogP contribution in [0.4, 0.5) is 0 Å². The number of aromatic amines is 1. The number of hydrogen-bond donors (Lipinski definition) is 1. The van der Waals surface area contributed by atoms with Crippen LogP contribution in [0.15, 0.2) is 34.8 Å². The second-order valence-electron chi connectivity index (χ2n) is 7.44. The molecule has 2 unspecified atom stereocenters. The van der Waals surface area contributed by atoms with Crippen LogP contribution in [0.3, 0.4) is 0 Å². The molecular weight excluding hydrogens is 292 g/mol. The summed E-state index contributed by atoms with van der Waals surface area (Å²) in [5.74, 6) is 0.244. The minimum atomic E-state index is 0.182. The molecule has 2 atom stereocenters. The van der Waals surface area contributed by atoms with Gasteiger partial charge in [-0.2, -0.15) is 0 Å². The minimum Gasteiger partial charge on any atom is -0.362 e. The maximum atomic E-state index is 4.98. The zero-order valence-electron chi connectivity index (χ0n) is 15.9. The highest BCUT2D eigenvalue weighted by atomic mass is 14.9. The summed E-state index contributed by atoms with van der Waals surface area (Å²) in [7, 11) is 0. The molecule has 1 aromatic heterocycles. The van der Waals surface area contributed by atoms with E-state index in [1.807, 2.05) is 0 Å². The van der Waals surface area contributed by atoms with Crippen LogP contribution >= 0.6 is 0 Å². The lowest BCUT2D eigenvalue weighted by atomic mass is 9.80. The van der Waals surface area contributed by atoms with Gasteiger partial charge in [-0.3, -0.25) is 4.99 Å². The Morgan fingerprint density at radius 1 is 0.875 bits per heavy atom. The largest absolute Gasteiger partial charge is 0.362 e. The molecule has 2 nitrogen and oxygen atoms in total. The molecule has 0 radical (unpaired) electrons. The summed E-state index contributed by atoms with van der Waals surface area (Å²) < 4.78 is 0. The van der Waals surface area contributed by atoms with E-state index in [1.54, 1.807) is 0 Å². The maximum Gasteiger partial charge on any atom is 0.0836 e. The predicted molar refractivity (Wildman–Crippen MR) is 103 cm³/mol. The Hall–Kier alpha value is -2.09. The molecule has 0 bridgehead atoms. The van der Waals surface area contributed by atoms with Gasteiger partial charge in [0.15, 0.2) is 0 Å². The van der Waals surface area contributed by atoms with E-state index < -0.39 is 0 Å². The van der Waals surface area contributed by atoms with E-state index in [-0.39, 0.29) is 12.0 Å². The van der Waals surface area contributed by atoms with Crippen molar-refractivity contribution in [1.82, 2.24) is 4.98 Å². The quantitative estimate of drug-likeness (QED) is 0.776. The Morgan fingerprint density at radius 3 is 1.96 bits per heavy atom. The van der Waals surface area contributed by atoms with Crippen LogP contribution in [0, 0.1) is 34.6 Å². The number of aryl methyl sites for hydroxylation is 5. The maximum absolute atomic E-state index is 4.98. The molecule has 0 saturated heterocycles. The highest BCUT2D eigenvalue weighted by Crippen LogP contribution is 2.40. The van der Waals surface area contributed by atoms with Gasteiger partial charge in [0, 0.05) is 17.1 Å². The van der Waals surface area contributed by atoms with Gasteiger partial charge in [0.25, 0.3) is 0 Å². The van der Waals surface area contributed by atoms with Crippen molar-refractivity contribution in [2.75, 3.05) is 0 Å². The zero-order chi connectivity index (χ0) is 17.6. The van der Waals surface area contributed by atoms with Gasteiger partial charge < -0.3 is 4.98 Å². The van der Waals surface area contributed by atoms with Crippen LogP contribution in [0.5, 0.6) is 0 Å². The number of H-pyrrole nitrogens is 1. The summed E-state index contributed by atoms with van der Waals surface area (Å²) in [6, 6.07) is 7.02. The van der Waals surface area contributed by atoms with Crippen molar-refractivity contribution in [2.24, 2.45) is 4.99 Å². The lowest BCUT2D eigenvalue weighted by Gasteiger charge is -2.27. The van der Waals surface area contributed by atoms with Crippen LogP contribution in [0.1, 0.15) is 59.0 Å². The molecule has 1 aromatic carbocycles. The van der Waals surface area contributed by atoms with Gasteiger partial charge in [-0.1, -0.05) is 17.7 Å². The number of aromatic nitrogens is 1. The molecule has 2 aromatic rings. The van der Waals surface area contributed by atoms with Crippen molar-refractivity contribution < 1.29 is 0 Å². The summed E-state index contributed by atoms with van der Waals surface area (Å²) in [5.41, 5.74) is 11.8. The van der Waals surface area contributed by atoms with E-state index in [1.165, 1.54) is 44.8 Å². The lowest BCUT2D eigenvalue weighted by Crippen LogP contribution is -2.21. The highest BCUT2D eigenvalue weighted by Gasteiger charge is 2.32. The molecule has 0 fully saturated rings. The lowest BCUT2D eigenvalue weighted by molar-refractivity contribution is 0.655. The van der Waals surface area contributed by atoms with Crippen molar-refractivity contribution in [3.05, 3.63) is 69.1 Å². The number of rotatable bonds is 3. The molecule has 2 heterocycles. The number of benzene rings is 1. The van der Waals surface area contributed by atoms with Crippen molar-refractivity contribution in [3.8, 4) is 0 Å². The molecular formula is C22H28N2. The first-order valence-electron chi connectivity index (χ1n) is 8.74. The molecule has 0 aliphatic carbocycles. The molecule has 0 saturated carbocycles. The Balaban J connectivity index is 2.25. The fraction of sp³-hybridized carbons (Fsp3) is 0.409. The van der Waals surface area contributed by atoms with E-state index in [9.17, 15) is 0 Å². The minimum absolute atomic E-state index is 0.182. The van der Waals surface area contributed by atoms with Crippen LogP contribution < -0.4 is 0 Å². The SMILES string of the molecule is CC1=CC(C)=NC1C(c1[nH]c(C)cc1C)c1c(C)cc(C)cc1C. The van der Waals surface area contributed by atoms with Crippen molar-refractivity contribution in [1.29, 1.82) is 0 Å². The smallest absolute Gasteiger partial charge is 0.0836 e. The van der Waals surface area contributed by atoms with Gasteiger partial charge in [0.1, 0.15) is 0 Å². The van der Waals surface area contributed by atoms with Crippen LogP contribution in [0.25, 0.3) is 0 Å². The Bertz CT molecular complexity index is 826. The molecule has 24 heavy (non-hydrogen) atoms. The summed E-state index contributed by atoms with van der Waals surface area (Å²) >= 11 is 0. The molecule has 3 rings (SSSR count). The average molecular weight is 320 g/mol. The second-order valence-corrected chi connectivity index (χ2v) is 7.44. The van der Waals surface area contributed by atoms with Crippen molar-refractivity contribution >= 4 is 5.71 Å². The first-order valence-corrected chi connectivity index (χ1v) is 8.74. The fourth-order valence-corrected chi connectivity index (χ4v) is 4.33. The van der Waals surface area contributed by atoms with Gasteiger partial charge >= 0.3 is 0 Å². The molecule has 1 aliphatic rings. The summed E-state index contributed by atoms with van der Waals surface area (Å²) in [4.78, 5) is 8.61. The number of nitrogens with zero attached hydrogens (tertiary/aromatic N) is 1. The van der Waals surface area contributed by atoms with E-state index >= 15 is 0 Å². The Kier molecular flexibility index (Phi) is 4.25. The van der Waals surface area contributed by atoms with Crippen LogP contribution in [-0.2, 0) is 0 Å².